The number of aromatic nitrogens is 4. The van der Waals surface area contributed by atoms with E-state index >= 15 is 0 Å². The van der Waals surface area contributed by atoms with E-state index in [1.54, 1.807) is 32.3 Å². The van der Waals surface area contributed by atoms with E-state index in [2.05, 4.69) is 32.1 Å². The normalized spacial score (nSPS) is 10.5. The van der Waals surface area contributed by atoms with E-state index in [9.17, 15) is 23.2 Å². The fraction of sp³-hybridized carbons (Fsp3) is 0.154. The van der Waals surface area contributed by atoms with Crippen molar-refractivity contribution < 1.29 is 18.4 Å². The summed E-state index contributed by atoms with van der Waals surface area (Å²) in [6.45, 7) is -0.143. The molecule has 186 valence electrons. The third kappa shape index (κ3) is 5.82. The molecule has 0 fully saturated rings. The van der Waals surface area contributed by atoms with Gasteiger partial charge in [-0.25, -0.2) is 18.7 Å². The maximum absolute atomic E-state index is 13.5. The van der Waals surface area contributed by atoms with Gasteiger partial charge in [-0.1, -0.05) is 17.9 Å². The zero-order valence-corrected chi connectivity index (χ0v) is 19.8. The lowest BCUT2D eigenvalue weighted by atomic mass is 10.2. The lowest BCUT2D eigenvalue weighted by Crippen LogP contribution is -2.33. The summed E-state index contributed by atoms with van der Waals surface area (Å²) in [4.78, 5) is 51.2. The third-order valence-electron chi connectivity index (χ3n) is 5.22. The number of nitrogens with one attached hydrogen (secondary N) is 1. The minimum absolute atomic E-state index is 0.0563. The van der Waals surface area contributed by atoms with Crippen LogP contribution in [0.2, 0.25) is 0 Å². The summed E-state index contributed by atoms with van der Waals surface area (Å²) < 4.78 is 27.7. The largest absolute Gasteiger partial charge is 0.343 e. The van der Waals surface area contributed by atoms with E-state index < -0.39 is 23.1 Å². The molecule has 0 atom stereocenters. The molecule has 0 saturated heterocycles. The molecule has 37 heavy (non-hydrogen) atoms. The van der Waals surface area contributed by atoms with Crippen LogP contribution in [0.25, 0.3) is 11.0 Å². The Kier molecular flexibility index (Phi) is 7.29. The summed E-state index contributed by atoms with van der Waals surface area (Å²) in [5.41, 5.74) is 1.39. The highest BCUT2D eigenvalue weighted by molar-refractivity contribution is 5.94. The van der Waals surface area contributed by atoms with Crippen molar-refractivity contribution in [2.75, 3.05) is 20.6 Å². The van der Waals surface area contributed by atoms with Crippen molar-refractivity contribution in [1.82, 2.24) is 29.7 Å². The van der Waals surface area contributed by atoms with Gasteiger partial charge in [0.1, 0.15) is 11.3 Å². The molecule has 9 nitrogen and oxygen atoms in total. The number of amides is 2. The highest BCUT2D eigenvalue weighted by Crippen LogP contribution is 2.13. The van der Waals surface area contributed by atoms with E-state index in [1.807, 2.05) is 0 Å². The Hall–Kier alpha value is -4.98. The van der Waals surface area contributed by atoms with Gasteiger partial charge < -0.3 is 10.2 Å². The molecular formula is C26H20F2N6O3. The molecule has 0 aliphatic rings. The Bertz CT molecular complexity index is 1640. The molecule has 0 radical (unpaired) electrons. The molecular weight excluding hydrogens is 482 g/mol. The van der Waals surface area contributed by atoms with Crippen LogP contribution in [0.5, 0.6) is 0 Å². The number of carbonyl (C=O) groups excluding carboxylic acids is 2. The summed E-state index contributed by atoms with van der Waals surface area (Å²) >= 11 is 0. The molecule has 1 N–H and O–H groups in total. The lowest BCUT2D eigenvalue weighted by Gasteiger charge is -2.09. The van der Waals surface area contributed by atoms with Gasteiger partial charge in [-0.05, 0) is 35.9 Å². The SMILES string of the molecule is CN(C)C(=O)c1cnc2ccc(C#CCNC(=O)c3cncn(Cc4ccc(F)c(F)c4)c3=O)cc2n1. The molecule has 0 aliphatic heterocycles. The van der Waals surface area contributed by atoms with Gasteiger partial charge in [-0.2, -0.15) is 0 Å². The molecule has 2 aromatic carbocycles. The smallest absolute Gasteiger partial charge is 0.273 e. The van der Waals surface area contributed by atoms with Gasteiger partial charge >= 0.3 is 0 Å². The number of rotatable bonds is 5. The highest BCUT2D eigenvalue weighted by atomic mass is 19.2. The minimum Gasteiger partial charge on any atom is -0.343 e. The summed E-state index contributed by atoms with van der Waals surface area (Å²) in [5.74, 6) is 2.71. The van der Waals surface area contributed by atoms with Gasteiger partial charge in [0.2, 0.25) is 0 Å². The first-order chi connectivity index (χ1) is 17.7. The van der Waals surface area contributed by atoms with Crippen molar-refractivity contribution in [1.29, 1.82) is 0 Å². The second-order valence-corrected chi connectivity index (χ2v) is 8.13. The van der Waals surface area contributed by atoms with Gasteiger partial charge in [0.25, 0.3) is 17.4 Å². The van der Waals surface area contributed by atoms with Gasteiger partial charge in [0.15, 0.2) is 11.6 Å². The second-order valence-electron chi connectivity index (χ2n) is 8.13. The minimum atomic E-state index is -1.04. The van der Waals surface area contributed by atoms with E-state index in [4.69, 9.17) is 0 Å². The molecule has 0 spiro atoms. The fourth-order valence-corrected chi connectivity index (χ4v) is 3.34. The number of nitrogens with zero attached hydrogens (tertiary/aromatic N) is 5. The van der Waals surface area contributed by atoms with Crippen LogP contribution in [-0.4, -0.2) is 56.9 Å². The maximum atomic E-state index is 13.5. The zero-order chi connectivity index (χ0) is 26.5. The molecule has 2 aromatic heterocycles. The van der Waals surface area contributed by atoms with Crippen molar-refractivity contribution in [2.45, 2.75) is 6.54 Å². The maximum Gasteiger partial charge on any atom is 0.273 e. The van der Waals surface area contributed by atoms with E-state index in [0.29, 0.717) is 22.2 Å². The number of hydrogen-bond acceptors (Lipinski definition) is 6. The standard InChI is InChI=1S/C26H20F2N6O3/c1-33(2)26(37)23-13-31-21-8-6-16(11-22(21)32-23)4-3-9-30-24(35)18-12-29-15-34(25(18)36)14-17-5-7-19(27)20(28)10-17/h5-8,10-13,15H,9,14H2,1-2H3,(H,30,35). The average molecular weight is 502 g/mol. The predicted octanol–water partition coefficient (Wildman–Crippen LogP) is 2.00. The van der Waals surface area contributed by atoms with Crippen molar-refractivity contribution >= 4 is 22.8 Å². The van der Waals surface area contributed by atoms with Crippen LogP contribution in [0.3, 0.4) is 0 Å². The summed E-state index contributed by atoms with van der Waals surface area (Å²) in [6, 6.07) is 8.41. The van der Waals surface area contributed by atoms with Gasteiger partial charge in [-0.15, -0.1) is 0 Å². The van der Waals surface area contributed by atoms with Crippen molar-refractivity contribution in [2.24, 2.45) is 0 Å². The van der Waals surface area contributed by atoms with E-state index in [-0.39, 0.29) is 30.3 Å². The Morgan fingerprint density at radius 3 is 2.62 bits per heavy atom. The van der Waals surface area contributed by atoms with Gasteiger partial charge in [-0.3, -0.25) is 23.9 Å². The Labute approximate surface area is 209 Å². The zero-order valence-electron chi connectivity index (χ0n) is 19.8. The first-order valence-corrected chi connectivity index (χ1v) is 11.0. The third-order valence-corrected chi connectivity index (χ3v) is 5.22. The number of carbonyl (C=O) groups is 2. The number of halogens is 2. The van der Waals surface area contributed by atoms with Crippen LogP contribution in [0.1, 0.15) is 32.0 Å². The summed E-state index contributed by atoms with van der Waals surface area (Å²) in [7, 11) is 3.25. The van der Waals surface area contributed by atoms with Gasteiger partial charge in [0, 0.05) is 25.9 Å². The molecule has 0 unspecified atom stereocenters. The molecule has 2 amide bonds. The fourth-order valence-electron chi connectivity index (χ4n) is 3.34. The Balaban J connectivity index is 1.44. The van der Waals surface area contributed by atoms with E-state index in [1.165, 1.54) is 23.5 Å². The Morgan fingerprint density at radius 1 is 1.05 bits per heavy atom. The molecule has 11 heteroatoms. The molecule has 0 aliphatic carbocycles. The first kappa shape index (κ1) is 25.1. The van der Waals surface area contributed by atoms with Crippen LogP contribution in [0.15, 0.2) is 59.9 Å². The monoisotopic (exact) mass is 502 g/mol. The number of hydrogen-bond donors (Lipinski definition) is 1. The van der Waals surface area contributed by atoms with Crippen LogP contribution in [-0.2, 0) is 6.54 Å². The van der Waals surface area contributed by atoms with Crippen LogP contribution in [0, 0.1) is 23.5 Å². The second kappa shape index (κ2) is 10.7. The molecule has 2 heterocycles. The number of fused-ring (bicyclic) bond motifs is 1. The predicted molar refractivity (Wildman–Crippen MR) is 131 cm³/mol. The highest BCUT2D eigenvalue weighted by Gasteiger charge is 2.14. The number of benzene rings is 2. The molecule has 0 saturated carbocycles. The van der Waals surface area contributed by atoms with Crippen molar-refractivity contribution in [3.8, 4) is 11.8 Å². The molecule has 4 aromatic rings. The first-order valence-electron chi connectivity index (χ1n) is 11.0. The molecule has 4 rings (SSSR count). The average Bonchev–Trinajstić information content (AvgIpc) is 2.88. The van der Waals surface area contributed by atoms with Crippen molar-refractivity contribution in [3.63, 3.8) is 0 Å². The molecule has 0 bridgehead atoms. The van der Waals surface area contributed by atoms with Crippen LogP contribution >= 0.6 is 0 Å². The topological polar surface area (TPSA) is 110 Å². The quantitative estimate of drug-likeness (QED) is 0.418. The summed E-state index contributed by atoms with van der Waals surface area (Å²) in [5, 5.41) is 2.54. The summed E-state index contributed by atoms with van der Waals surface area (Å²) in [6.07, 6.45) is 3.75. The van der Waals surface area contributed by atoms with Crippen molar-refractivity contribution in [3.05, 3.63) is 99.5 Å². The lowest BCUT2D eigenvalue weighted by molar-refractivity contribution is 0.0821. The van der Waals surface area contributed by atoms with Crippen LogP contribution in [0.4, 0.5) is 8.78 Å². The van der Waals surface area contributed by atoms with E-state index in [0.717, 1.165) is 22.9 Å². The Morgan fingerprint density at radius 2 is 1.86 bits per heavy atom. The van der Waals surface area contributed by atoms with Gasteiger partial charge in [0.05, 0.1) is 36.6 Å². The van der Waals surface area contributed by atoms with Crippen LogP contribution < -0.4 is 10.9 Å².